The standard InChI is InChI=1S/C12H19ClN4/c13-10-8-11(14)12(16-9-10)15-4-7-17-5-2-1-3-6-17/h8-9H,1-7,14H2,(H,15,16). The molecule has 4 nitrogen and oxygen atoms in total. The van der Waals surface area contributed by atoms with E-state index in [9.17, 15) is 0 Å². The highest BCUT2D eigenvalue weighted by atomic mass is 35.5. The molecule has 1 aromatic heterocycles. The van der Waals surface area contributed by atoms with Gasteiger partial charge in [-0.15, -0.1) is 0 Å². The van der Waals surface area contributed by atoms with E-state index in [1.165, 1.54) is 32.4 Å². The third kappa shape index (κ3) is 3.75. The van der Waals surface area contributed by atoms with Gasteiger partial charge in [-0.3, -0.25) is 0 Å². The van der Waals surface area contributed by atoms with Gasteiger partial charge in [0.2, 0.25) is 0 Å². The lowest BCUT2D eigenvalue weighted by Gasteiger charge is -2.26. The van der Waals surface area contributed by atoms with Crippen LogP contribution in [-0.2, 0) is 0 Å². The van der Waals surface area contributed by atoms with Crippen molar-refractivity contribution in [1.82, 2.24) is 9.88 Å². The summed E-state index contributed by atoms with van der Waals surface area (Å²) in [4.78, 5) is 6.65. The average Bonchev–Trinajstić information content (AvgIpc) is 2.33. The first-order valence-corrected chi connectivity index (χ1v) is 6.51. The third-order valence-corrected chi connectivity index (χ3v) is 3.26. The number of halogens is 1. The molecule has 0 aliphatic carbocycles. The molecular weight excluding hydrogens is 236 g/mol. The minimum Gasteiger partial charge on any atom is -0.396 e. The molecule has 1 aromatic rings. The number of hydrogen-bond acceptors (Lipinski definition) is 4. The Bertz CT molecular complexity index is 364. The van der Waals surface area contributed by atoms with Crippen molar-refractivity contribution in [2.45, 2.75) is 19.3 Å². The fraction of sp³-hybridized carbons (Fsp3) is 0.583. The highest BCUT2D eigenvalue weighted by molar-refractivity contribution is 6.30. The lowest BCUT2D eigenvalue weighted by atomic mass is 10.1. The van der Waals surface area contributed by atoms with E-state index in [2.05, 4.69) is 15.2 Å². The van der Waals surface area contributed by atoms with E-state index in [0.29, 0.717) is 10.7 Å². The summed E-state index contributed by atoms with van der Waals surface area (Å²) < 4.78 is 0. The van der Waals surface area contributed by atoms with Gasteiger partial charge in [0.25, 0.3) is 0 Å². The van der Waals surface area contributed by atoms with Gasteiger partial charge in [0.1, 0.15) is 5.82 Å². The summed E-state index contributed by atoms with van der Waals surface area (Å²) in [6.07, 6.45) is 5.62. The van der Waals surface area contributed by atoms with Crippen LogP contribution in [0.4, 0.5) is 11.5 Å². The van der Waals surface area contributed by atoms with Crippen LogP contribution in [0.3, 0.4) is 0 Å². The number of anilines is 2. The largest absolute Gasteiger partial charge is 0.396 e. The summed E-state index contributed by atoms with van der Waals surface area (Å²) in [6, 6.07) is 1.72. The highest BCUT2D eigenvalue weighted by Gasteiger charge is 2.09. The van der Waals surface area contributed by atoms with Crippen molar-refractivity contribution in [3.05, 3.63) is 17.3 Å². The molecule has 1 fully saturated rings. The molecule has 2 rings (SSSR count). The first-order chi connectivity index (χ1) is 8.25. The lowest BCUT2D eigenvalue weighted by molar-refractivity contribution is 0.237. The number of nitrogens with one attached hydrogen (secondary N) is 1. The number of pyridine rings is 1. The molecule has 0 aromatic carbocycles. The predicted octanol–water partition coefficient (Wildman–Crippen LogP) is 2.21. The van der Waals surface area contributed by atoms with Crippen LogP contribution in [0.25, 0.3) is 0 Å². The van der Waals surface area contributed by atoms with Crippen LogP contribution < -0.4 is 11.1 Å². The van der Waals surface area contributed by atoms with Gasteiger partial charge >= 0.3 is 0 Å². The zero-order valence-corrected chi connectivity index (χ0v) is 10.7. The van der Waals surface area contributed by atoms with Crippen molar-refractivity contribution < 1.29 is 0 Å². The summed E-state index contributed by atoms with van der Waals surface area (Å²) in [5, 5.41) is 3.82. The van der Waals surface area contributed by atoms with E-state index in [1.807, 2.05) is 0 Å². The third-order valence-electron chi connectivity index (χ3n) is 3.05. The number of piperidine rings is 1. The number of likely N-dealkylation sites (tertiary alicyclic amines) is 1. The summed E-state index contributed by atoms with van der Waals surface area (Å²) in [5.41, 5.74) is 6.43. The molecule has 0 atom stereocenters. The van der Waals surface area contributed by atoms with Crippen LogP contribution in [0.1, 0.15) is 19.3 Å². The monoisotopic (exact) mass is 254 g/mol. The van der Waals surface area contributed by atoms with Crippen LogP contribution in [-0.4, -0.2) is 36.1 Å². The van der Waals surface area contributed by atoms with Crippen molar-refractivity contribution >= 4 is 23.1 Å². The Morgan fingerprint density at radius 3 is 2.82 bits per heavy atom. The van der Waals surface area contributed by atoms with Gasteiger partial charge in [-0.2, -0.15) is 0 Å². The topological polar surface area (TPSA) is 54.2 Å². The van der Waals surface area contributed by atoms with Crippen molar-refractivity contribution in [3.63, 3.8) is 0 Å². The number of nitrogens with zero attached hydrogens (tertiary/aromatic N) is 2. The molecule has 0 saturated carbocycles. The number of rotatable bonds is 4. The second-order valence-corrected chi connectivity index (χ2v) is 4.86. The van der Waals surface area contributed by atoms with Gasteiger partial charge in [-0.05, 0) is 32.0 Å². The normalized spacial score (nSPS) is 17.0. The number of nitrogens with two attached hydrogens (primary N) is 1. The van der Waals surface area contributed by atoms with Crippen molar-refractivity contribution in [1.29, 1.82) is 0 Å². The molecule has 94 valence electrons. The molecular formula is C12H19ClN4. The molecule has 1 saturated heterocycles. The van der Waals surface area contributed by atoms with Gasteiger partial charge in [0.15, 0.2) is 0 Å². The Morgan fingerprint density at radius 2 is 2.12 bits per heavy atom. The molecule has 5 heteroatoms. The van der Waals surface area contributed by atoms with Crippen LogP contribution in [0.2, 0.25) is 5.02 Å². The van der Waals surface area contributed by atoms with Crippen LogP contribution in [0.5, 0.6) is 0 Å². The zero-order valence-electron chi connectivity index (χ0n) is 9.95. The average molecular weight is 255 g/mol. The van der Waals surface area contributed by atoms with Gasteiger partial charge in [-0.1, -0.05) is 18.0 Å². The van der Waals surface area contributed by atoms with Crippen molar-refractivity contribution in [3.8, 4) is 0 Å². The quantitative estimate of drug-likeness (QED) is 0.865. The maximum Gasteiger partial charge on any atom is 0.149 e. The second kappa shape index (κ2) is 6.07. The number of hydrogen-bond donors (Lipinski definition) is 2. The van der Waals surface area contributed by atoms with E-state index >= 15 is 0 Å². The van der Waals surface area contributed by atoms with E-state index in [4.69, 9.17) is 17.3 Å². The summed E-state index contributed by atoms with van der Waals surface area (Å²) in [7, 11) is 0. The molecule has 1 aliphatic rings. The fourth-order valence-electron chi connectivity index (χ4n) is 2.12. The molecule has 3 N–H and O–H groups in total. The highest BCUT2D eigenvalue weighted by Crippen LogP contribution is 2.19. The van der Waals surface area contributed by atoms with E-state index in [0.717, 1.165) is 18.9 Å². The fourth-order valence-corrected chi connectivity index (χ4v) is 2.28. The first kappa shape index (κ1) is 12.5. The molecule has 0 radical (unpaired) electrons. The van der Waals surface area contributed by atoms with Crippen molar-refractivity contribution in [2.75, 3.05) is 37.2 Å². The Kier molecular flexibility index (Phi) is 4.45. The van der Waals surface area contributed by atoms with E-state index in [1.54, 1.807) is 12.3 Å². The molecule has 0 unspecified atom stereocenters. The summed E-state index contributed by atoms with van der Waals surface area (Å²) in [6.45, 7) is 4.35. The molecule has 2 heterocycles. The molecule has 17 heavy (non-hydrogen) atoms. The summed E-state index contributed by atoms with van der Waals surface area (Å²) in [5.74, 6) is 0.728. The Hall–Kier alpha value is -1.00. The first-order valence-electron chi connectivity index (χ1n) is 6.13. The maximum atomic E-state index is 5.82. The molecule has 0 bridgehead atoms. The molecule has 1 aliphatic heterocycles. The lowest BCUT2D eigenvalue weighted by Crippen LogP contribution is -2.33. The van der Waals surface area contributed by atoms with Gasteiger partial charge in [-0.25, -0.2) is 4.98 Å². The summed E-state index contributed by atoms with van der Waals surface area (Å²) >= 11 is 5.79. The van der Waals surface area contributed by atoms with Gasteiger partial charge in [0, 0.05) is 19.3 Å². The van der Waals surface area contributed by atoms with Gasteiger partial charge < -0.3 is 16.0 Å². The minimum absolute atomic E-state index is 0.573. The Labute approximate surface area is 107 Å². The maximum absolute atomic E-state index is 5.82. The second-order valence-electron chi connectivity index (χ2n) is 4.42. The van der Waals surface area contributed by atoms with Crippen molar-refractivity contribution in [2.24, 2.45) is 0 Å². The Morgan fingerprint density at radius 1 is 1.35 bits per heavy atom. The van der Waals surface area contributed by atoms with E-state index in [-0.39, 0.29) is 0 Å². The number of aromatic nitrogens is 1. The van der Waals surface area contributed by atoms with Crippen LogP contribution in [0.15, 0.2) is 12.3 Å². The molecule has 0 amide bonds. The molecule has 0 spiro atoms. The smallest absolute Gasteiger partial charge is 0.149 e. The number of nitrogen functional groups attached to an aromatic ring is 1. The SMILES string of the molecule is Nc1cc(Cl)cnc1NCCN1CCCCC1. The predicted molar refractivity (Wildman–Crippen MR) is 72.4 cm³/mol. The van der Waals surface area contributed by atoms with Crippen LogP contribution >= 0.6 is 11.6 Å². The zero-order chi connectivity index (χ0) is 12.1. The van der Waals surface area contributed by atoms with E-state index < -0.39 is 0 Å². The minimum atomic E-state index is 0.573. The van der Waals surface area contributed by atoms with Crippen LogP contribution in [0, 0.1) is 0 Å². The van der Waals surface area contributed by atoms with Gasteiger partial charge in [0.05, 0.1) is 10.7 Å². The Balaban J connectivity index is 1.77.